The zero-order valence-electron chi connectivity index (χ0n) is 9.33. The maximum atomic E-state index is 13.8. The van der Waals surface area contributed by atoms with Crippen LogP contribution in [0.25, 0.3) is 0 Å². The van der Waals surface area contributed by atoms with Gasteiger partial charge in [-0.3, -0.25) is 4.57 Å². The van der Waals surface area contributed by atoms with E-state index < -0.39 is 36.7 Å². The Balaban J connectivity index is 2.48. The molecule has 106 valence electrons. The fraction of sp³-hybridized carbons (Fsp3) is 0.556. The van der Waals surface area contributed by atoms with Crippen molar-refractivity contribution in [2.75, 3.05) is 12.3 Å². The molecule has 0 amide bonds. The number of halogens is 3. The highest BCUT2D eigenvalue weighted by atomic mass is 79.9. The summed E-state index contributed by atoms with van der Waals surface area (Å²) in [6, 6.07) is 0. The second kappa shape index (κ2) is 4.78. The largest absolute Gasteiger partial charge is 0.394 e. The first-order chi connectivity index (χ1) is 8.78. The number of rotatable bonds is 2. The molecule has 2 heterocycles. The van der Waals surface area contributed by atoms with Crippen LogP contribution in [0.1, 0.15) is 6.23 Å². The van der Waals surface area contributed by atoms with E-state index in [0.29, 0.717) is 4.57 Å². The fourth-order valence-corrected chi connectivity index (χ4v) is 2.05. The molecular weight excluding hydrogens is 332 g/mol. The summed E-state index contributed by atoms with van der Waals surface area (Å²) in [6.07, 6.45) is -4.76. The average Bonchev–Trinajstić information content (AvgIpc) is 2.56. The van der Waals surface area contributed by atoms with Crippen molar-refractivity contribution >= 4 is 21.7 Å². The van der Waals surface area contributed by atoms with Gasteiger partial charge in [0, 0.05) is 6.20 Å². The lowest BCUT2D eigenvalue weighted by molar-refractivity contribution is -0.141. The SMILES string of the molecule is Nc1nc(=O)n(C2O[C@@H](CO)[C@H](O)C2(F)F)cc1Br. The maximum Gasteiger partial charge on any atom is 0.351 e. The molecule has 1 fully saturated rings. The highest BCUT2D eigenvalue weighted by molar-refractivity contribution is 9.10. The molecule has 0 radical (unpaired) electrons. The Morgan fingerprint density at radius 3 is 2.79 bits per heavy atom. The van der Waals surface area contributed by atoms with Crippen LogP contribution in [0, 0.1) is 0 Å². The number of aromatic nitrogens is 2. The van der Waals surface area contributed by atoms with Gasteiger partial charge in [0.25, 0.3) is 0 Å². The lowest BCUT2D eigenvalue weighted by Crippen LogP contribution is -2.41. The molecule has 1 aromatic rings. The normalized spacial score (nSPS) is 29.6. The number of nitrogens with two attached hydrogens (primary N) is 1. The summed E-state index contributed by atoms with van der Waals surface area (Å²) in [5, 5.41) is 18.2. The standard InChI is InChI=1S/C9H10BrF2N3O4/c10-3-1-15(8(18)14-6(3)13)7-9(11,12)5(17)4(2-16)19-7/h1,4-5,7,16-17H,2H2,(H2,13,14,18)/t4-,5-,7?/m0/s1. The van der Waals surface area contributed by atoms with Crippen LogP contribution in [-0.4, -0.2) is 44.5 Å². The molecule has 1 aliphatic rings. The number of anilines is 1. The van der Waals surface area contributed by atoms with Gasteiger partial charge in [-0.2, -0.15) is 13.8 Å². The lowest BCUT2D eigenvalue weighted by Gasteiger charge is -2.21. The Morgan fingerprint density at radius 1 is 1.63 bits per heavy atom. The van der Waals surface area contributed by atoms with Gasteiger partial charge in [-0.1, -0.05) is 0 Å². The molecule has 7 nitrogen and oxygen atoms in total. The third kappa shape index (κ3) is 2.24. The van der Waals surface area contributed by atoms with Crippen LogP contribution in [0.4, 0.5) is 14.6 Å². The smallest absolute Gasteiger partial charge is 0.351 e. The molecule has 2 rings (SSSR count). The van der Waals surface area contributed by atoms with Gasteiger partial charge in [0.1, 0.15) is 11.9 Å². The molecule has 0 spiro atoms. The third-order valence-corrected chi connectivity index (χ3v) is 3.36. The number of hydrogen-bond acceptors (Lipinski definition) is 6. The van der Waals surface area contributed by atoms with Gasteiger partial charge in [-0.05, 0) is 15.9 Å². The van der Waals surface area contributed by atoms with E-state index in [4.69, 9.17) is 15.6 Å². The van der Waals surface area contributed by atoms with Crippen molar-refractivity contribution in [1.82, 2.24) is 9.55 Å². The Hall–Kier alpha value is -1.10. The number of nitrogen functional groups attached to an aromatic ring is 1. The van der Waals surface area contributed by atoms with Gasteiger partial charge in [0.15, 0.2) is 6.10 Å². The van der Waals surface area contributed by atoms with Gasteiger partial charge in [0.05, 0.1) is 11.1 Å². The fourth-order valence-electron chi connectivity index (χ4n) is 1.74. The first-order valence-electron chi connectivity index (χ1n) is 5.15. The number of nitrogens with zero attached hydrogens (tertiary/aromatic N) is 2. The van der Waals surface area contributed by atoms with Crippen LogP contribution in [0.5, 0.6) is 0 Å². The van der Waals surface area contributed by atoms with Crippen molar-refractivity contribution in [3.8, 4) is 0 Å². The summed E-state index contributed by atoms with van der Waals surface area (Å²) in [7, 11) is 0. The van der Waals surface area contributed by atoms with Crippen molar-refractivity contribution in [3.63, 3.8) is 0 Å². The summed E-state index contributed by atoms with van der Waals surface area (Å²) in [5.74, 6) is -3.89. The van der Waals surface area contributed by atoms with Crippen LogP contribution in [0.3, 0.4) is 0 Å². The first kappa shape index (κ1) is 14.3. The molecular formula is C9H10BrF2N3O4. The summed E-state index contributed by atoms with van der Waals surface area (Å²) in [6.45, 7) is -0.800. The zero-order valence-corrected chi connectivity index (χ0v) is 10.9. The van der Waals surface area contributed by atoms with Crippen LogP contribution < -0.4 is 11.4 Å². The third-order valence-electron chi connectivity index (χ3n) is 2.75. The second-order valence-electron chi connectivity index (χ2n) is 3.99. The van der Waals surface area contributed by atoms with E-state index in [1.54, 1.807) is 0 Å². The minimum atomic E-state index is -3.74. The van der Waals surface area contributed by atoms with Crippen molar-refractivity contribution in [1.29, 1.82) is 0 Å². The minimum absolute atomic E-state index is 0.133. The van der Waals surface area contributed by atoms with Crippen molar-refractivity contribution < 1.29 is 23.7 Å². The van der Waals surface area contributed by atoms with Crippen molar-refractivity contribution in [3.05, 3.63) is 21.2 Å². The second-order valence-corrected chi connectivity index (χ2v) is 4.85. The quantitative estimate of drug-likeness (QED) is 0.667. The predicted molar refractivity (Wildman–Crippen MR) is 62.6 cm³/mol. The monoisotopic (exact) mass is 341 g/mol. The topological polar surface area (TPSA) is 111 Å². The van der Waals surface area contributed by atoms with E-state index in [1.807, 2.05) is 0 Å². The Labute approximate surface area is 113 Å². The number of aliphatic hydroxyl groups excluding tert-OH is 2. The number of ether oxygens (including phenoxy) is 1. The summed E-state index contributed by atoms with van der Waals surface area (Å²) in [5.41, 5.74) is 4.30. The van der Waals surface area contributed by atoms with Gasteiger partial charge >= 0.3 is 11.6 Å². The van der Waals surface area contributed by atoms with Crippen LogP contribution in [-0.2, 0) is 4.74 Å². The first-order valence-corrected chi connectivity index (χ1v) is 5.94. The van der Waals surface area contributed by atoms with Gasteiger partial charge < -0.3 is 20.7 Å². The molecule has 0 aromatic carbocycles. The number of hydrogen-bond donors (Lipinski definition) is 3. The highest BCUT2D eigenvalue weighted by Gasteiger charge is 2.59. The van der Waals surface area contributed by atoms with Gasteiger partial charge in [0.2, 0.25) is 6.23 Å². The Morgan fingerprint density at radius 2 is 2.26 bits per heavy atom. The molecule has 0 aliphatic carbocycles. The van der Waals surface area contributed by atoms with E-state index in [0.717, 1.165) is 6.20 Å². The molecule has 1 saturated heterocycles. The molecule has 19 heavy (non-hydrogen) atoms. The molecule has 0 bridgehead atoms. The van der Waals surface area contributed by atoms with E-state index >= 15 is 0 Å². The molecule has 0 saturated carbocycles. The molecule has 4 N–H and O–H groups in total. The van der Waals surface area contributed by atoms with Crippen LogP contribution in [0.15, 0.2) is 15.5 Å². The highest BCUT2D eigenvalue weighted by Crippen LogP contribution is 2.42. The van der Waals surface area contributed by atoms with Gasteiger partial charge in [-0.15, -0.1) is 0 Å². The van der Waals surface area contributed by atoms with E-state index in [-0.39, 0.29) is 10.3 Å². The Bertz CT molecular complexity index is 553. The summed E-state index contributed by atoms with van der Waals surface area (Å²) >= 11 is 2.95. The van der Waals surface area contributed by atoms with E-state index in [9.17, 15) is 18.7 Å². The maximum absolute atomic E-state index is 13.8. The van der Waals surface area contributed by atoms with Gasteiger partial charge in [-0.25, -0.2) is 4.79 Å². The predicted octanol–water partition coefficient (Wildman–Crippen LogP) is -0.526. The molecule has 1 aromatic heterocycles. The van der Waals surface area contributed by atoms with E-state index in [2.05, 4.69) is 20.9 Å². The van der Waals surface area contributed by atoms with E-state index in [1.165, 1.54) is 0 Å². The van der Waals surface area contributed by atoms with Crippen LogP contribution in [0.2, 0.25) is 0 Å². The minimum Gasteiger partial charge on any atom is -0.394 e. The average molecular weight is 342 g/mol. The zero-order chi connectivity index (χ0) is 14.4. The molecule has 10 heteroatoms. The molecule has 1 unspecified atom stereocenters. The number of aliphatic hydroxyl groups is 2. The Kier molecular flexibility index (Phi) is 3.60. The summed E-state index contributed by atoms with van der Waals surface area (Å²) < 4.78 is 33.1. The van der Waals surface area contributed by atoms with Crippen molar-refractivity contribution in [2.24, 2.45) is 0 Å². The van der Waals surface area contributed by atoms with Crippen LogP contribution >= 0.6 is 15.9 Å². The summed E-state index contributed by atoms with van der Waals surface area (Å²) in [4.78, 5) is 14.9. The molecule has 1 aliphatic heterocycles. The lowest BCUT2D eigenvalue weighted by atomic mass is 10.1. The van der Waals surface area contributed by atoms with Crippen molar-refractivity contribution in [2.45, 2.75) is 24.4 Å². The number of alkyl halides is 2. The molecule has 3 atom stereocenters.